The molecule has 2 heterocycles. The van der Waals surface area contributed by atoms with Gasteiger partial charge >= 0.3 is 0 Å². The third-order valence-electron chi connectivity index (χ3n) is 6.30. The lowest BCUT2D eigenvalue weighted by Gasteiger charge is -2.40. The summed E-state index contributed by atoms with van der Waals surface area (Å²) in [6, 6.07) is 20.2. The third kappa shape index (κ3) is 5.10. The zero-order valence-electron chi connectivity index (χ0n) is 17.5. The van der Waals surface area contributed by atoms with Crippen molar-refractivity contribution in [1.82, 2.24) is 14.7 Å². The van der Waals surface area contributed by atoms with Crippen molar-refractivity contribution >= 4 is 12.0 Å². The largest absolute Gasteiger partial charge is 0.385 e. The molecule has 1 amide bonds. The Morgan fingerprint density at radius 2 is 1.47 bits per heavy atom. The summed E-state index contributed by atoms with van der Waals surface area (Å²) in [5.74, 6) is 0.201. The predicted molar refractivity (Wildman–Crippen MR) is 120 cm³/mol. The molecule has 2 aromatic carbocycles. The molecule has 30 heavy (non-hydrogen) atoms. The maximum absolute atomic E-state index is 12.8. The van der Waals surface area contributed by atoms with E-state index < -0.39 is 5.60 Å². The van der Waals surface area contributed by atoms with Gasteiger partial charge in [-0.2, -0.15) is 0 Å². The second-order valence-electron chi connectivity index (χ2n) is 8.32. The summed E-state index contributed by atoms with van der Waals surface area (Å²) in [6.45, 7) is 5.20. The van der Waals surface area contributed by atoms with E-state index in [0.29, 0.717) is 19.4 Å². The summed E-state index contributed by atoms with van der Waals surface area (Å²) >= 11 is 0. The van der Waals surface area contributed by atoms with E-state index in [0.717, 1.165) is 44.8 Å². The Labute approximate surface area is 179 Å². The van der Waals surface area contributed by atoms with Crippen LogP contribution in [0.3, 0.4) is 0 Å². The van der Waals surface area contributed by atoms with Crippen LogP contribution in [0.15, 0.2) is 66.9 Å². The Bertz CT molecular complexity index is 837. The maximum atomic E-state index is 12.8. The minimum absolute atomic E-state index is 0.201. The highest BCUT2D eigenvalue weighted by atomic mass is 16.3. The number of piperidine rings is 1. The Morgan fingerprint density at radius 3 is 2.10 bits per heavy atom. The fraction of sp³-hybridized carbons (Fsp3) is 0.400. The standard InChI is InChI=1S/C25H31N3O2/c29-24(21-27-15-12-25(30,13-16-27)23-9-5-2-6-10-23)28-19-17-26(18-20-28)14-11-22-7-3-1-4-8-22/h1-11,14,30H,12-13,15-21H2/b14-11-. The van der Waals surface area contributed by atoms with Crippen LogP contribution in [0.5, 0.6) is 0 Å². The molecular formula is C25H31N3O2. The number of likely N-dealkylation sites (tertiary alicyclic amines) is 1. The number of piperazine rings is 1. The number of amides is 1. The summed E-state index contributed by atoms with van der Waals surface area (Å²) in [7, 11) is 0. The molecule has 5 nitrogen and oxygen atoms in total. The van der Waals surface area contributed by atoms with Crippen LogP contribution >= 0.6 is 0 Å². The molecule has 0 radical (unpaired) electrons. The van der Waals surface area contributed by atoms with Crippen LogP contribution < -0.4 is 0 Å². The summed E-state index contributed by atoms with van der Waals surface area (Å²) in [5, 5.41) is 11.0. The molecule has 1 N–H and O–H groups in total. The molecular weight excluding hydrogens is 374 g/mol. The quantitative estimate of drug-likeness (QED) is 0.831. The van der Waals surface area contributed by atoms with Crippen molar-refractivity contribution in [3.05, 3.63) is 78.0 Å². The maximum Gasteiger partial charge on any atom is 0.236 e. The molecule has 4 rings (SSSR count). The molecule has 2 saturated heterocycles. The molecule has 2 aliphatic rings. The highest BCUT2D eigenvalue weighted by Crippen LogP contribution is 2.32. The predicted octanol–water partition coefficient (Wildman–Crippen LogP) is 2.79. The zero-order chi connectivity index (χ0) is 20.8. The summed E-state index contributed by atoms with van der Waals surface area (Å²) in [6.07, 6.45) is 5.59. The van der Waals surface area contributed by atoms with Crippen LogP contribution in [0.25, 0.3) is 6.08 Å². The lowest BCUT2D eigenvalue weighted by atomic mass is 9.84. The Balaban J connectivity index is 1.22. The molecule has 0 unspecified atom stereocenters. The van der Waals surface area contributed by atoms with E-state index in [4.69, 9.17) is 0 Å². The van der Waals surface area contributed by atoms with Crippen molar-refractivity contribution in [3.8, 4) is 0 Å². The van der Waals surface area contributed by atoms with E-state index >= 15 is 0 Å². The molecule has 2 aliphatic heterocycles. The van der Waals surface area contributed by atoms with Crippen LogP contribution in [0.2, 0.25) is 0 Å². The van der Waals surface area contributed by atoms with Gasteiger partial charge in [-0.1, -0.05) is 60.7 Å². The van der Waals surface area contributed by atoms with Crippen molar-refractivity contribution in [1.29, 1.82) is 0 Å². The molecule has 0 bridgehead atoms. The highest BCUT2D eigenvalue weighted by Gasteiger charge is 2.34. The molecule has 0 saturated carbocycles. The second-order valence-corrected chi connectivity index (χ2v) is 8.32. The van der Waals surface area contributed by atoms with Crippen molar-refractivity contribution in [2.75, 3.05) is 45.8 Å². The lowest BCUT2D eigenvalue weighted by molar-refractivity contribution is -0.135. The fourth-order valence-electron chi connectivity index (χ4n) is 4.29. The van der Waals surface area contributed by atoms with Crippen molar-refractivity contribution < 1.29 is 9.90 Å². The highest BCUT2D eigenvalue weighted by molar-refractivity contribution is 5.78. The molecule has 5 heteroatoms. The van der Waals surface area contributed by atoms with Gasteiger partial charge in [0.15, 0.2) is 0 Å². The van der Waals surface area contributed by atoms with Gasteiger partial charge in [-0.15, -0.1) is 0 Å². The van der Waals surface area contributed by atoms with Gasteiger partial charge in [0, 0.05) is 39.3 Å². The van der Waals surface area contributed by atoms with E-state index in [2.05, 4.69) is 34.2 Å². The van der Waals surface area contributed by atoms with E-state index in [1.807, 2.05) is 53.4 Å². The van der Waals surface area contributed by atoms with Gasteiger partial charge in [-0.05, 0) is 36.2 Å². The molecule has 0 aromatic heterocycles. The van der Waals surface area contributed by atoms with E-state index in [1.165, 1.54) is 5.56 Å². The number of nitrogens with zero attached hydrogens (tertiary/aromatic N) is 3. The van der Waals surface area contributed by atoms with Crippen molar-refractivity contribution in [2.45, 2.75) is 18.4 Å². The molecule has 0 aliphatic carbocycles. The van der Waals surface area contributed by atoms with Gasteiger partial charge in [0.05, 0.1) is 12.1 Å². The number of carbonyl (C=O) groups is 1. The smallest absolute Gasteiger partial charge is 0.236 e. The first-order valence-electron chi connectivity index (χ1n) is 10.9. The summed E-state index contributed by atoms with van der Waals surface area (Å²) in [5.41, 5.74) is 1.41. The Kier molecular flexibility index (Phi) is 6.50. The first-order valence-corrected chi connectivity index (χ1v) is 10.9. The average Bonchev–Trinajstić information content (AvgIpc) is 2.81. The van der Waals surface area contributed by atoms with Crippen molar-refractivity contribution in [3.63, 3.8) is 0 Å². The number of aliphatic hydroxyl groups is 1. The Hall–Kier alpha value is -2.63. The number of carbonyl (C=O) groups excluding carboxylic acids is 1. The molecule has 0 spiro atoms. The average molecular weight is 406 g/mol. The van der Waals surface area contributed by atoms with E-state index in [9.17, 15) is 9.90 Å². The van der Waals surface area contributed by atoms with Gasteiger partial charge in [-0.25, -0.2) is 0 Å². The van der Waals surface area contributed by atoms with Gasteiger partial charge in [-0.3, -0.25) is 9.69 Å². The van der Waals surface area contributed by atoms with Crippen LogP contribution in [-0.4, -0.2) is 71.5 Å². The van der Waals surface area contributed by atoms with Crippen LogP contribution in [0.4, 0.5) is 0 Å². The first-order chi connectivity index (χ1) is 14.6. The monoisotopic (exact) mass is 405 g/mol. The second kappa shape index (κ2) is 9.45. The number of hydrogen-bond acceptors (Lipinski definition) is 4. The van der Waals surface area contributed by atoms with E-state index in [1.54, 1.807) is 0 Å². The van der Waals surface area contributed by atoms with Crippen molar-refractivity contribution in [2.24, 2.45) is 0 Å². The van der Waals surface area contributed by atoms with Gasteiger partial charge in [0.1, 0.15) is 0 Å². The van der Waals surface area contributed by atoms with Crippen LogP contribution in [0, 0.1) is 0 Å². The molecule has 2 aromatic rings. The molecule has 2 fully saturated rings. The summed E-state index contributed by atoms with van der Waals surface area (Å²) in [4.78, 5) is 19.2. The summed E-state index contributed by atoms with van der Waals surface area (Å²) < 4.78 is 0. The van der Waals surface area contributed by atoms with E-state index in [-0.39, 0.29) is 5.91 Å². The SMILES string of the molecule is O=C(CN1CCC(O)(c2ccccc2)CC1)N1CCN(/C=C\c2ccccc2)CC1. The third-order valence-corrected chi connectivity index (χ3v) is 6.30. The molecule has 158 valence electrons. The zero-order valence-corrected chi connectivity index (χ0v) is 17.5. The number of rotatable bonds is 5. The topological polar surface area (TPSA) is 47.0 Å². The minimum Gasteiger partial charge on any atom is -0.385 e. The number of benzene rings is 2. The Morgan fingerprint density at radius 1 is 0.867 bits per heavy atom. The van der Waals surface area contributed by atoms with Crippen LogP contribution in [-0.2, 0) is 10.4 Å². The fourth-order valence-corrected chi connectivity index (χ4v) is 4.29. The van der Waals surface area contributed by atoms with Gasteiger partial charge in [0.2, 0.25) is 5.91 Å². The van der Waals surface area contributed by atoms with Gasteiger partial charge < -0.3 is 14.9 Å². The number of hydrogen-bond donors (Lipinski definition) is 1. The van der Waals surface area contributed by atoms with Crippen LogP contribution in [0.1, 0.15) is 24.0 Å². The minimum atomic E-state index is -0.766. The molecule has 0 atom stereocenters. The van der Waals surface area contributed by atoms with Gasteiger partial charge in [0.25, 0.3) is 0 Å². The lowest BCUT2D eigenvalue weighted by Crippen LogP contribution is -2.51. The first kappa shape index (κ1) is 20.6. The normalized spacial score (nSPS) is 19.9.